The van der Waals surface area contributed by atoms with E-state index in [1.54, 1.807) is 13.8 Å². The summed E-state index contributed by atoms with van der Waals surface area (Å²) in [5.41, 5.74) is 1.33. The zero-order valence-electron chi connectivity index (χ0n) is 12.2. The van der Waals surface area contributed by atoms with Crippen molar-refractivity contribution in [2.24, 2.45) is 11.8 Å². The Morgan fingerprint density at radius 2 is 2.05 bits per heavy atom. The first-order valence-electron chi connectivity index (χ1n) is 6.93. The second-order valence-corrected chi connectivity index (χ2v) is 5.53. The second kappa shape index (κ2) is 6.85. The predicted octanol–water partition coefficient (Wildman–Crippen LogP) is 2.25. The van der Waals surface area contributed by atoms with E-state index in [1.807, 2.05) is 0 Å². The molecular weight excluding hydrogens is 244 g/mol. The molecule has 19 heavy (non-hydrogen) atoms. The minimum atomic E-state index is -0.567. The summed E-state index contributed by atoms with van der Waals surface area (Å²) in [6, 6.07) is 0. The molecule has 0 aromatic rings. The molecule has 0 aromatic heterocycles. The zero-order chi connectivity index (χ0) is 14.6. The fourth-order valence-electron chi connectivity index (χ4n) is 2.46. The molecule has 1 unspecified atom stereocenters. The first kappa shape index (κ1) is 15.9. The van der Waals surface area contributed by atoms with Gasteiger partial charge in [0.05, 0.1) is 12.7 Å². The number of carbonyl (C=O) groups excluding carboxylic acids is 2. The van der Waals surface area contributed by atoms with Gasteiger partial charge in [0.25, 0.3) is 0 Å². The van der Waals surface area contributed by atoms with E-state index < -0.39 is 12.1 Å². The fourth-order valence-corrected chi connectivity index (χ4v) is 2.46. The van der Waals surface area contributed by atoms with Gasteiger partial charge in [-0.1, -0.05) is 13.8 Å². The summed E-state index contributed by atoms with van der Waals surface area (Å²) in [7, 11) is 0. The first-order chi connectivity index (χ1) is 8.86. The molecule has 0 fully saturated rings. The number of hydrogen-bond acceptors (Lipinski definition) is 4. The topological polar surface area (TPSA) is 63.6 Å². The number of aliphatic hydroxyl groups excluding tert-OH is 1. The van der Waals surface area contributed by atoms with E-state index in [2.05, 4.69) is 13.8 Å². The third kappa shape index (κ3) is 4.16. The molecule has 4 heteroatoms. The fraction of sp³-hybridized carbons (Fsp3) is 0.733. The molecule has 0 heterocycles. The number of ketones is 1. The van der Waals surface area contributed by atoms with E-state index in [4.69, 9.17) is 4.74 Å². The van der Waals surface area contributed by atoms with Crippen molar-refractivity contribution in [3.05, 3.63) is 11.1 Å². The molecule has 0 amide bonds. The van der Waals surface area contributed by atoms with E-state index >= 15 is 0 Å². The van der Waals surface area contributed by atoms with Crippen LogP contribution in [0.15, 0.2) is 11.1 Å². The summed E-state index contributed by atoms with van der Waals surface area (Å²) in [5.74, 6) is 0.00213. The van der Waals surface area contributed by atoms with Crippen molar-refractivity contribution in [3.63, 3.8) is 0 Å². The molecule has 1 rings (SSSR count). The monoisotopic (exact) mass is 268 g/mol. The van der Waals surface area contributed by atoms with Crippen LogP contribution in [0.2, 0.25) is 0 Å². The highest BCUT2D eigenvalue weighted by atomic mass is 16.5. The highest BCUT2D eigenvalue weighted by Crippen LogP contribution is 2.34. The van der Waals surface area contributed by atoms with Crippen molar-refractivity contribution < 1.29 is 19.4 Å². The molecule has 0 aromatic carbocycles. The van der Waals surface area contributed by atoms with E-state index in [0.717, 1.165) is 0 Å². The van der Waals surface area contributed by atoms with Crippen LogP contribution in [-0.2, 0) is 14.3 Å². The first-order valence-corrected chi connectivity index (χ1v) is 6.93. The molecule has 0 saturated heterocycles. The van der Waals surface area contributed by atoms with Gasteiger partial charge in [-0.2, -0.15) is 0 Å². The van der Waals surface area contributed by atoms with Crippen molar-refractivity contribution in [1.29, 1.82) is 0 Å². The summed E-state index contributed by atoms with van der Waals surface area (Å²) in [6.45, 7) is 7.95. The average Bonchev–Trinajstić information content (AvgIpc) is 2.32. The lowest BCUT2D eigenvalue weighted by molar-refractivity contribution is -0.145. The Morgan fingerprint density at radius 3 is 2.58 bits per heavy atom. The Bertz CT molecular complexity index is 382. The van der Waals surface area contributed by atoms with E-state index in [-0.39, 0.29) is 18.8 Å². The number of carbonyl (C=O) groups is 2. The summed E-state index contributed by atoms with van der Waals surface area (Å²) in [4.78, 5) is 23.5. The highest BCUT2D eigenvalue weighted by molar-refractivity contribution is 6.06. The lowest BCUT2D eigenvalue weighted by Crippen LogP contribution is -2.29. The Hall–Kier alpha value is -1.16. The molecule has 0 radical (unpaired) electrons. The molecule has 0 spiro atoms. The molecule has 1 N–H and O–H groups in total. The molecule has 4 nitrogen and oxygen atoms in total. The van der Waals surface area contributed by atoms with E-state index in [0.29, 0.717) is 35.8 Å². The lowest BCUT2D eigenvalue weighted by atomic mass is 9.76. The number of rotatable bonds is 5. The zero-order valence-corrected chi connectivity index (χ0v) is 12.2. The summed E-state index contributed by atoms with van der Waals surface area (Å²) in [6.07, 6.45) is 0.554. The SMILES string of the molecule is CCOC(=O)CC(=O)C1=C(C)[C@@H](O)CC(C(C)C)C1. The van der Waals surface area contributed by atoms with Crippen LogP contribution < -0.4 is 0 Å². The summed E-state index contributed by atoms with van der Waals surface area (Å²) in [5, 5.41) is 10.0. The number of Topliss-reactive ketones (excluding diaryl/α,β-unsaturated/α-hetero) is 1. The minimum absolute atomic E-state index is 0.208. The van der Waals surface area contributed by atoms with Crippen LogP contribution in [-0.4, -0.2) is 29.6 Å². The number of esters is 1. The number of aliphatic hydroxyl groups is 1. The molecule has 2 atom stereocenters. The Balaban J connectivity index is 2.81. The van der Waals surface area contributed by atoms with Crippen LogP contribution in [0.5, 0.6) is 0 Å². The Labute approximate surface area is 114 Å². The maximum Gasteiger partial charge on any atom is 0.313 e. The van der Waals surface area contributed by atoms with Gasteiger partial charge in [-0.15, -0.1) is 0 Å². The van der Waals surface area contributed by atoms with Gasteiger partial charge in [0.2, 0.25) is 0 Å². The number of allylic oxidation sites excluding steroid dienone is 1. The minimum Gasteiger partial charge on any atom is -0.466 e. The van der Waals surface area contributed by atoms with Gasteiger partial charge in [0.15, 0.2) is 5.78 Å². The maximum atomic E-state index is 12.1. The highest BCUT2D eigenvalue weighted by Gasteiger charge is 2.31. The van der Waals surface area contributed by atoms with Crippen LogP contribution in [0.25, 0.3) is 0 Å². The van der Waals surface area contributed by atoms with Crippen LogP contribution in [0, 0.1) is 11.8 Å². The quantitative estimate of drug-likeness (QED) is 0.613. The Morgan fingerprint density at radius 1 is 1.42 bits per heavy atom. The van der Waals surface area contributed by atoms with Gasteiger partial charge in [0, 0.05) is 0 Å². The van der Waals surface area contributed by atoms with Crippen molar-refractivity contribution in [1.82, 2.24) is 0 Å². The van der Waals surface area contributed by atoms with Gasteiger partial charge < -0.3 is 9.84 Å². The van der Waals surface area contributed by atoms with Crippen LogP contribution in [0.1, 0.15) is 47.0 Å². The molecule has 1 aliphatic rings. The van der Waals surface area contributed by atoms with E-state index in [1.165, 1.54) is 0 Å². The second-order valence-electron chi connectivity index (χ2n) is 5.53. The van der Waals surface area contributed by atoms with Crippen molar-refractivity contribution >= 4 is 11.8 Å². The maximum absolute atomic E-state index is 12.1. The van der Waals surface area contributed by atoms with Gasteiger partial charge in [-0.05, 0) is 49.7 Å². The molecular formula is C15H24O4. The lowest BCUT2D eigenvalue weighted by Gasteiger charge is -2.31. The summed E-state index contributed by atoms with van der Waals surface area (Å²) < 4.78 is 4.79. The van der Waals surface area contributed by atoms with Crippen molar-refractivity contribution in [2.45, 2.75) is 53.1 Å². The smallest absolute Gasteiger partial charge is 0.313 e. The largest absolute Gasteiger partial charge is 0.466 e. The van der Waals surface area contributed by atoms with Crippen molar-refractivity contribution in [3.8, 4) is 0 Å². The van der Waals surface area contributed by atoms with Gasteiger partial charge >= 0.3 is 5.97 Å². The average molecular weight is 268 g/mol. The van der Waals surface area contributed by atoms with Gasteiger partial charge in [-0.3, -0.25) is 9.59 Å². The molecule has 0 bridgehead atoms. The predicted molar refractivity (Wildman–Crippen MR) is 72.5 cm³/mol. The van der Waals surface area contributed by atoms with E-state index in [9.17, 15) is 14.7 Å². The summed E-state index contributed by atoms with van der Waals surface area (Å²) >= 11 is 0. The standard InChI is InChI=1S/C15H24O4/c1-5-19-15(18)8-14(17)12-6-11(9(2)3)7-13(16)10(12)4/h9,11,13,16H,5-8H2,1-4H3/t11?,13-/m0/s1. The third-order valence-corrected chi connectivity index (χ3v) is 3.86. The van der Waals surface area contributed by atoms with Gasteiger partial charge in [-0.25, -0.2) is 0 Å². The number of ether oxygens (including phenoxy) is 1. The third-order valence-electron chi connectivity index (χ3n) is 3.86. The molecule has 0 aliphatic heterocycles. The molecule has 108 valence electrons. The molecule has 0 saturated carbocycles. The molecule has 1 aliphatic carbocycles. The van der Waals surface area contributed by atoms with Crippen LogP contribution >= 0.6 is 0 Å². The Kier molecular flexibility index (Phi) is 5.73. The van der Waals surface area contributed by atoms with Crippen LogP contribution in [0.3, 0.4) is 0 Å². The van der Waals surface area contributed by atoms with Crippen molar-refractivity contribution in [2.75, 3.05) is 6.61 Å². The van der Waals surface area contributed by atoms with Gasteiger partial charge in [0.1, 0.15) is 6.42 Å². The number of hydrogen-bond donors (Lipinski definition) is 1. The van der Waals surface area contributed by atoms with Crippen LogP contribution in [0.4, 0.5) is 0 Å². The normalized spacial score (nSPS) is 23.7.